The monoisotopic (exact) mass is 367 g/mol. The van der Waals surface area contributed by atoms with Gasteiger partial charge in [-0.3, -0.25) is 9.59 Å². The molecule has 1 aromatic carbocycles. The Morgan fingerprint density at radius 1 is 1.17 bits per heavy atom. The highest BCUT2D eigenvalue weighted by atomic mass is 35.5. The maximum atomic E-state index is 12.3. The van der Waals surface area contributed by atoms with E-state index in [9.17, 15) is 9.59 Å². The smallest absolute Gasteiger partial charge is 0.261 e. The lowest BCUT2D eigenvalue weighted by Gasteiger charge is -2.16. The van der Waals surface area contributed by atoms with Crippen LogP contribution in [0.2, 0.25) is 0 Å². The fourth-order valence-electron chi connectivity index (χ4n) is 2.04. The number of nitrogens with one attached hydrogen (secondary N) is 3. The van der Waals surface area contributed by atoms with E-state index in [1.54, 1.807) is 19.1 Å². The Hall–Kier alpha value is -1.89. The van der Waals surface area contributed by atoms with Crippen LogP contribution in [-0.4, -0.2) is 24.4 Å². The fourth-order valence-corrected chi connectivity index (χ4v) is 2.66. The highest BCUT2D eigenvalue weighted by Crippen LogP contribution is 2.15. The van der Waals surface area contributed by atoms with Crippen molar-refractivity contribution >= 4 is 41.2 Å². The number of para-hydroxylation sites is 1. The summed E-state index contributed by atoms with van der Waals surface area (Å²) < 4.78 is 0. The number of anilines is 1. The average molecular weight is 368 g/mol. The Labute approximate surface area is 152 Å². The lowest BCUT2D eigenvalue weighted by atomic mass is 10.1. The molecule has 1 atom stereocenters. The molecule has 0 spiro atoms. The number of carbonyl (C=O) groups excluding carboxylic acids is 2. The van der Waals surface area contributed by atoms with Crippen LogP contribution in [0.1, 0.15) is 29.1 Å². The molecule has 0 bridgehead atoms. The molecule has 2 aromatic rings. The van der Waals surface area contributed by atoms with Crippen LogP contribution in [0.15, 0.2) is 41.8 Å². The van der Waals surface area contributed by atoms with E-state index in [0.29, 0.717) is 11.4 Å². The Bertz CT molecular complexity index is 662. The number of amides is 2. The first-order valence-electron chi connectivity index (χ1n) is 7.55. The van der Waals surface area contributed by atoms with Gasteiger partial charge in [0.05, 0.1) is 4.88 Å². The van der Waals surface area contributed by atoms with Crippen LogP contribution in [0.25, 0.3) is 0 Å². The van der Waals surface area contributed by atoms with Gasteiger partial charge in [0, 0.05) is 12.2 Å². The maximum absolute atomic E-state index is 12.3. The lowest BCUT2D eigenvalue weighted by Crippen LogP contribution is -2.41. The summed E-state index contributed by atoms with van der Waals surface area (Å²) in [5.41, 5.74) is 1.77. The van der Waals surface area contributed by atoms with Gasteiger partial charge in [0.15, 0.2) is 0 Å². The number of benzene rings is 1. The molecule has 3 N–H and O–H groups in total. The number of halogens is 1. The van der Waals surface area contributed by atoms with Crippen molar-refractivity contribution in [1.29, 1.82) is 0 Å². The molecule has 0 saturated heterocycles. The summed E-state index contributed by atoms with van der Waals surface area (Å²) in [5, 5.41) is 10.7. The molecule has 2 rings (SSSR count). The van der Waals surface area contributed by atoms with E-state index in [2.05, 4.69) is 16.0 Å². The zero-order chi connectivity index (χ0) is 16.7. The molecule has 1 aromatic heterocycles. The number of carbonyl (C=O) groups is 2. The zero-order valence-electron chi connectivity index (χ0n) is 13.7. The van der Waals surface area contributed by atoms with E-state index in [-0.39, 0.29) is 24.2 Å². The molecule has 1 unspecified atom stereocenters. The molecular formula is C17H22ClN3O2S. The second kappa shape index (κ2) is 10.1. The third kappa shape index (κ3) is 5.63. The van der Waals surface area contributed by atoms with Crippen molar-refractivity contribution in [1.82, 2.24) is 10.6 Å². The minimum Gasteiger partial charge on any atom is -0.340 e. The number of hydrogen-bond acceptors (Lipinski definition) is 4. The van der Waals surface area contributed by atoms with Crippen molar-refractivity contribution in [3.05, 3.63) is 52.2 Å². The molecule has 0 aliphatic carbocycles. The summed E-state index contributed by atoms with van der Waals surface area (Å²) in [7, 11) is 0. The third-order valence-corrected chi connectivity index (χ3v) is 4.20. The predicted molar refractivity (Wildman–Crippen MR) is 101 cm³/mol. The molecule has 0 radical (unpaired) electrons. The van der Waals surface area contributed by atoms with Gasteiger partial charge in [0.2, 0.25) is 5.91 Å². The van der Waals surface area contributed by atoms with Crippen molar-refractivity contribution in [3.63, 3.8) is 0 Å². The first-order valence-corrected chi connectivity index (χ1v) is 8.43. The van der Waals surface area contributed by atoms with Crippen LogP contribution in [-0.2, 0) is 11.3 Å². The second-order valence-electron chi connectivity index (χ2n) is 5.10. The van der Waals surface area contributed by atoms with E-state index in [1.807, 2.05) is 36.6 Å². The van der Waals surface area contributed by atoms with Gasteiger partial charge in [0.25, 0.3) is 5.91 Å². The first-order chi connectivity index (χ1) is 11.1. The van der Waals surface area contributed by atoms with Crippen LogP contribution in [0.4, 0.5) is 5.69 Å². The third-order valence-electron chi connectivity index (χ3n) is 3.33. The van der Waals surface area contributed by atoms with Gasteiger partial charge in [-0.05, 0) is 36.5 Å². The quantitative estimate of drug-likeness (QED) is 0.704. The van der Waals surface area contributed by atoms with Crippen molar-refractivity contribution in [3.8, 4) is 0 Å². The van der Waals surface area contributed by atoms with Crippen LogP contribution in [0.3, 0.4) is 0 Å². The molecule has 130 valence electrons. The molecule has 24 heavy (non-hydrogen) atoms. The highest BCUT2D eigenvalue weighted by Gasteiger charge is 2.18. The summed E-state index contributed by atoms with van der Waals surface area (Å²) in [5.74, 6) is -0.470. The van der Waals surface area contributed by atoms with E-state index in [1.165, 1.54) is 11.3 Å². The van der Waals surface area contributed by atoms with E-state index in [4.69, 9.17) is 0 Å². The summed E-state index contributed by atoms with van der Waals surface area (Å²) in [6.45, 7) is 5.25. The summed E-state index contributed by atoms with van der Waals surface area (Å²) in [4.78, 5) is 24.9. The van der Waals surface area contributed by atoms with Gasteiger partial charge in [-0.1, -0.05) is 31.2 Å². The van der Waals surface area contributed by atoms with Crippen LogP contribution in [0, 0.1) is 0 Å². The van der Waals surface area contributed by atoms with E-state index >= 15 is 0 Å². The predicted octanol–water partition coefficient (Wildman–Crippen LogP) is 3.04. The number of hydrogen-bond donors (Lipinski definition) is 3. The minimum absolute atomic E-state index is 0. The molecular weight excluding hydrogens is 346 g/mol. The Balaban J connectivity index is 0.00000288. The molecule has 0 aliphatic heterocycles. The maximum Gasteiger partial charge on any atom is 0.261 e. The van der Waals surface area contributed by atoms with Crippen molar-refractivity contribution in [2.24, 2.45) is 0 Å². The van der Waals surface area contributed by atoms with E-state index < -0.39 is 6.04 Å². The van der Waals surface area contributed by atoms with Gasteiger partial charge >= 0.3 is 0 Å². The second-order valence-corrected chi connectivity index (χ2v) is 6.05. The lowest BCUT2D eigenvalue weighted by molar-refractivity contribution is -0.117. The topological polar surface area (TPSA) is 70.2 Å². The normalized spacial score (nSPS) is 11.2. The molecule has 2 amide bonds. The van der Waals surface area contributed by atoms with Crippen LogP contribution < -0.4 is 16.0 Å². The summed E-state index contributed by atoms with van der Waals surface area (Å²) in [6.07, 6.45) is 0. The van der Waals surface area contributed by atoms with Gasteiger partial charge in [-0.15, -0.1) is 23.7 Å². The number of rotatable bonds is 7. The van der Waals surface area contributed by atoms with Gasteiger partial charge in [0.1, 0.15) is 6.04 Å². The molecule has 0 aliphatic rings. The molecule has 0 fully saturated rings. The van der Waals surface area contributed by atoms with Gasteiger partial charge in [-0.25, -0.2) is 0 Å². The Morgan fingerprint density at radius 2 is 1.92 bits per heavy atom. The van der Waals surface area contributed by atoms with Crippen LogP contribution in [0.5, 0.6) is 0 Å². The Morgan fingerprint density at radius 3 is 2.58 bits per heavy atom. The molecule has 5 nitrogen and oxygen atoms in total. The summed E-state index contributed by atoms with van der Waals surface area (Å²) in [6, 6.07) is 10.6. The van der Waals surface area contributed by atoms with Crippen molar-refractivity contribution < 1.29 is 9.59 Å². The minimum atomic E-state index is -0.614. The van der Waals surface area contributed by atoms with E-state index in [0.717, 1.165) is 17.8 Å². The first kappa shape index (κ1) is 20.2. The molecule has 1 heterocycles. The van der Waals surface area contributed by atoms with Gasteiger partial charge in [-0.2, -0.15) is 0 Å². The van der Waals surface area contributed by atoms with Gasteiger partial charge < -0.3 is 16.0 Å². The molecule has 7 heteroatoms. The molecule has 0 saturated carbocycles. The largest absolute Gasteiger partial charge is 0.340 e. The highest BCUT2D eigenvalue weighted by molar-refractivity contribution is 7.12. The van der Waals surface area contributed by atoms with Crippen molar-refractivity contribution in [2.75, 3.05) is 11.9 Å². The average Bonchev–Trinajstić information content (AvgIpc) is 3.08. The van der Waals surface area contributed by atoms with Crippen molar-refractivity contribution in [2.45, 2.75) is 26.4 Å². The summed E-state index contributed by atoms with van der Waals surface area (Å²) >= 11 is 1.35. The fraction of sp³-hybridized carbons (Fsp3) is 0.294. The zero-order valence-corrected chi connectivity index (χ0v) is 15.3. The van der Waals surface area contributed by atoms with Crippen LogP contribution >= 0.6 is 23.7 Å². The standard InChI is InChI=1S/C17H21N3O2S.ClH/c1-3-18-11-13-7-4-5-8-14(13)20-16(21)12(2)19-17(22)15-9-6-10-23-15;/h4-10,12,18H,3,11H2,1-2H3,(H,19,22)(H,20,21);1H. The Kier molecular flexibility index (Phi) is 8.46. The number of thiophene rings is 1. The SMILES string of the molecule is CCNCc1ccccc1NC(=O)C(C)NC(=O)c1cccs1.Cl.